The molecule has 5 nitrogen and oxygen atoms in total. The molecule has 0 unspecified atom stereocenters. The number of carbonyl (C=O) groups is 1. The number of carbonyl (C=O) groups excluding carboxylic acids is 1. The summed E-state index contributed by atoms with van der Waals surface area (Å²) in [5, 5.41) is 5.86. The van der Waals surface area contributed by atoms with Crippen LogP contribution in [0.4, 0.5) is 5.69 Å². The summed E-state index contributed by atoms with van der Waals surface area (Å²) in [5.74, 6) is 0.912. The average molecular weight is 356 g/mol. The van der Waals surface area contributed by atoms with Crippen LogP contribution in [0.1, 0.15) is 11.1 Å². The highest BCUT2D eigenvalue weighted by Gasteiger charge is 2.05. The van der Waals surface area contributed by atoms with Crippen LogP contribution in [-0.2, 0) is 4.79 Å². The zero-order valence-electron chi connectivity index (χ0n) is 14.3. The van der Waals surface area contributed by atoms with Crippen molar-refractivity contribution < 1.29 is 14.3 Å². The second kappa shape index (κ2) is 8.84. The topological polar surface area (TPSA) is 59.6 Å². The number of nitrogens with one attached hydrogen (secondary N) is 2. The molecular weight excluding hydrogens is 336 g/mol. The molecule has 0 saturated heterocycles. The zero-order chi connectivity index (χ0) is 18.2. The lowest BCUT2D eigenvalue weighted by Crippen LogP contribution is -2.33. The molecule has 2 rings (SSSR count). The van der Waals surface area contributed by atoms with Gasteiger partial charge in [0.15, 0.2) is 16.6 Å². The Morgan fingerprint density at radius 1 is 1.08 bits per heavy atom. The van der Waals surface area contributed by atoms with E-state index in [1.165, 1.54) is 6.08 Å². The van der Waals surface area contributed by atoms with Crippen molar-refractivity contribution >= 4 is 35.0 Å². The minimum absolute atomic E-state index is 0.247. The van der Waals surface area contributed by atoms with Crippen molar-refractivity contribution in [2.75, 3.05) is 19.5 Å². The molecule has 2 N–H and O–H groups in total. The lowest BCUT2D eigenvalue weighted by Gasteiger charge is -2.10. The van der Waals surface area contributed by atoms with Gasteiger partial charge in [0.2, 0.25) is 5.91 Å². The summed E-state index contributed by atoms with van der Waals surface area (Å²) in [6.07, 6.45) is 3.08. The molecule has 0 aliphatic heterocycles. The van der Waals surface area contributed by atoms with E-state index in [1.54, 1.807) is 32.4 Å². The van der Waals surface area contributed by atoms with Crippen molar-refractivity contribution in [2.45, 2.75) is 6.92 Å². The van der Waals surface area contributed by atoms with Crippen LogP contribution in [0.15, 0.2) is 48.5 Å². The molecule has 0 aliphatic carbocycles. The van der Waals surface area contributed by atoms with Crippen LogP contribution in [0.5, 0.6) is 11.5 Å². The molecule has 0 aromatic heterocycles. The van der Waals surface area contributed by atoms with Crippen LogP contribution in [0.2, 0.25) is 0 Å². The summed E-state index contributed by atoms with van der Waals surface area (Å²) in [6.45, 7) is 1.96. The largest absolute Gasteiger partial charge is 0.493 e. The van der Waals surface area contributed by atoms with Gasteiger partial charge in [-0.2, -0.15) is 0 Å². The van der Waals surface area contributed by atoms with Crippen LogP contribution in [-0.4, -0.2) is 25.2 Å². The molecule has 0 radical (unpaired) electrons. The van der Waals surface area contributed by atoms with E-state index >= 15 is 0 Å². The van der Waals surface area contributed by atoms with Crippen LogP contribution >= 0.6 is 12.2 Å². The first-order valence-electron chi connectivity index (χ1n) is 7.61. The number of methoxy groups -OCH3 is 2. The van der Waals surface area contributed by atoms with Crippen molar-refractivity contribution in [1.29, 1.82) is 0 Å². The van der Waals surface area contributed by atoms with Crippen molar-refractivity contribution in [3.05, 3.63) is 59.7 Å². The highest BCUT2D eigenvalue weighted by Crippen LogP contribution is 2.27. The van der Waals surface area contributed by atoms with Gasteiger partial charge in [-0.1, -0.05) is 24.3 Å². The Hall–Kier alpha value is -2.86. The molecule has 0 fully saturated rings. The maximum absolute atomic E-state index is 12.0. The fourth-order valence-electron chi connectivity index (χ4n) is 2.15. The van der Waals surface area contributed by atoms with Gasteiger partial charge in [0.05, 0.1) is 14.2 Å². The number of ether oxygens (including phenoxy) is 2. The normalized spacial score (nSPS) is 10.4. The third-order valence-electron chi connectivity index (χ3n) is 3.46. The first-order valence-corrected chi connectivity index (χ1v) is 8.02. The molecule has 0 bridgehead atoms. The van der Waals surface area contributed by atoms with E-state index in [9.17, 15) is 4.79 Å². The van der Waals surface area contributed by atoms with E-state index < -0.39 is 0 Å². The molecule has 1 amide bonds. The summed E-state index contributed by atoms with van der Waals surface area (Å²) in [6, 6.07) is 13.1. The van der Waals surface area contributed by atoms with E-state index in [0.717, 1.165) is 16.8 Å². The third kappa shape index (κ3) is 5.32. The van der Waals surface area contributed by atoms with Gasteiger partial charge in [0.1, 0.15) is 0 Å². The molecule has 2 aromatic carbocycles. The van der Waals surface area contributed by atoms with Gasteiger partial charge < -0.3 is 14.8 Å². The quantitative estimate of drug-likeness (QED) is 0.634. The number of para-hydroxylation sites is 1. The van der Waals surface area contributed by atoms with Gasteiger partial charge in [0, 0.05) is 11.8 Å². The Bertz CT molecular complexity index is 803. The summed E-state index contributed by atoms with van der Waals surface area (Å²) < 4.78 is 10.4. The Labute approximate surface area is 152 Å². The lowest BCUT2D eigenvalue weighted by molar-refractivity contribution is -0.115. The molecule has 0 spiro atoms. The van der Waals surface area contributed by atoms with Gasteiger partial charge >= 0.3 is 0 Å². The van der Waals surface area contributed by atoms with Crippen molar-refractivity contribution in [1.82, 2.24) is 5.32 Å². The first kappa shape index (κ1) is 18.5. The molecule has 0 saturated carbocycles. The van der Waals surface area contributed by atoms with Crippen LogP contribution in [0.3, 0.4) is 0 Å². The SMILES string of the molecule is COc1ccc(C=CC(=O)NC(=S)Nc2ccccc2C)cc1OC. The number of hydrogen-bond donors (Lipinski definition) is 2. The number of hydrogen-bond acceptors (Lipinski definition) is 4. The van der Waals surface area contributed by atoms with E-state index in [0.29, 0.717) is 11.5 Å². The predicted octanol–water partition coefficient (Wildman–Crippen LogP) is 3.54. The van der Waals surface area contributed by atoms with Crippen LogP contribution in [0.25, 0.3) is 6.08 Å². The summed E-state index contributed by atoms with van der Waals surface area (Å²) in [5.41, 5.74) is 2.71. The molecule has 25 heavy (non-hydrogen) atoms. The van der Waals surface area contributed by atoms with Gasteiger partial charge in [-0.05, 0) is 54.5 Å². The zero-order valence-corrected chi connectivity index (χ0v) is 15.1. The van der Waals surface area contributed by atoms with Gasteiger partial charge in [0.25, 0.3) is 0 Å². The van der Waals surface area contributed by atoms with Gasteiger partial charge in [-0.25, -0.2) is 0 Å². The Morgan fingerprint density at radius 3 is 2.48 bits per heavy atom. The highest BCUT2D eigenvalue weighted by molar-refractivity contribution is 7.80. The molecule has 6 heteroatoms. The fraction of sp³-hybridized carbons (Fsp3) is 0.158. The minimum atomic E-state index is -0.319. The first-order chi connectivity index (χ1) is 12.0. The fourth-order valence-corrected chi connectivity index (χ4v) is 2.36. The second-order valence-electron chi connectivity index (χ2n) is 5.21. The molecule has 0 aliphatic rings. The van der Waals surface area contributed by atoms with E-state index in [2.05, 4.69) is 10.6 Å². The number of benzene rings is 2. The Balaban J connectivity index is 1.96. The van der Waals surface area contributed by atoms with Crippen molar-refractivity contribution in [3.8, 4) is 11.5 Å². The van der Waals surface area contributed by atoms with Crippen LogP contribution in [0, 0.1) is 6.92 Å². The lowest BCUT2D eigenvalue weighted by atomic mass is 10.2. The maximum atomic E-state index is 12.0. The van der Waals surface area contributed by atoms with Gasteiger partial charge in [-0.3, -0.25) is 10.1 Å². The number of rotatable bonds is 5. The highest BCUT2D eigenvalue weighted by atomic mass is 32.1. The number of thiocarbonyl (C=S) groups is 1. The van der Waals surface area contributed by atoms with E-state index in [1.807, 2.05) is 37.3 Å². The van der Waals surface area contributed by atoms with Crippen LogP contribution < -0.4 is 20.1 Å². The summed E-state index contributed by atoms with van der Waals surface area (Å²) in [4.78, 5) is 12.0. The van der Waals surface area contributed by atoms with E-state index in [-0.39, 0.29) is 11.0 Å². The molecular formula is C19H20N2O3S. The van der Waals surface area contributed by atoms with Gasteiger partial charge in [-0.15, -0.1) is 0 Å². The van der Waals surface area contributed by atoms with Crippen molar-refractivity contribution in [2.24, 2.45) is 0 Å². The number of aryl methyl sites for hydroxylation is 1. The van der Waals surface area contributed by atoms with Crippen molar-refractivity contribution in [3.63, 3.8) is 0 Å². The number of amides is 1. The predicted molar refractivity (Wildman–Crippen MR) is 104 cm³/mol. The van der Waals surface area contributed by atoms with E-state index in [4.69, 9.17) is 21.7 Å². The maximum Gasteiger partial charge on any atom is 0.250 e. The standard InChI is InChI=1S/C19H20N2O3S/c1-13-6-4-5-7-15(13)20-19(25)21-18(22)11-9-14-8-10-16(23-2)17(12-14)24-3/h4-12H,1-3H3,(H2,20,21,22,25). The Kier molecular flexibility index (Phi) is 6.54. The Morgan fingerprint density at radius 2 is 1.80 bits per heavy atom. The second-order valence-corrected chi connectivity index (χ2v) is 5.61. The molecule has 0 heterocycles. The number of anilines is 1. The molecule has 130 valence electrons. The summed E-state index contributed by atoms with van der Waals surface area (Å²) >= 11 is 5.16. The summed E-state index contributed by atoms with van der Waals surface area (Å²) in [7, 11) is 3.14. The average Bonchev–Trinajstić information content (AvgIpc) is 2.61. The third-order valence-corrected chi connectivity index (χ3v) is 3.67. The smallest absolute Gasteiger partial charge is 0.250 e. The molecule has 2 aromatic rings. The molecule has 0 atom stereocenters. The minimum Gasteiger partial charge on any atom is -0.493 e. The monoisotopic (exact) mass is 356 g/mol.